The minimum absolute atomic E-state index is 0.0894. The average molecular weight is 209 g/mol. The molecule has 0 N–H and O–H groups in total. The largest absolute Gasteiger partial charge is 0.446 e. The summed E-state index contributed by atoms with van der Waals surface area (Å²) in [4.78, 5) is -0.169. The normalized spacial score (nSPS) is 11.8. The molecule has 0 nitrogen and oxygen atoms in total. The number of benzene rings is 1. The van der Waals surface area contributed by atoms with E-state index < -0.39 is 11.3 Å². The van der Waals surface area contributed by atoms with Crippen molar-refractivity contribution in [3.63, 3.8) is 0 Å². The molecule has 0 bridgehead atoms. The molecular weight excluding hydrogens is 204 g/mol. The van der Waals surface area contributed by atoms with Crippen LogP contribution >= 0.6 is 11.8 Å². The summed E-state index contributed by atoms with van der Waals surface area (Å²) < 4.78 is 48.1. The zero-order valence-electron chi connectivity index (χ0n) is 6.36. The lowest BCUT2D eigenvalue weighted by atomic mass is 10.2. The minimum Gasteiger partial charge on any atom is -0.207 e. The fraction of sp³-hybridized carbons (Fsp3) is 0.125. The Kier molecular flexibility index (Phi) is 2.85. The molecule has 0 heterocycles. The zero-order valence-corrected chi connectivity index (χ0v) is 7.18. The van der Waals surface area contributed by atoms with Gasteiger partial charge < -0.3 is 0 Å². The highest BCUT2D eigenvalue weighted by Gasteiger charge is 2.29. The first-order valence-electron chi connectivity index (χ1n) is 3.26. The summed E-state index contributed by atoms with van der Waals surface area (Å²) in [7, 11) is 0. The molecule has 1 aromatic carbocycles. The van der Waals surface area contributed by atoms with E-state index in [1.165, 1.54) is 12.1 Å². The predicted octanol–water partition coefficient (Wildman–Crippen LogP) is 3.62. The maximum atomic E-state index is 12.7. The SMILES string of the molecule is [CH2]c1ccc(SC(F)(F)F)cc1F. The van der Waals surface area contributed by atoms with Crippen molar-refractivity contribution in [3.05, 3.63) is 36.5 Å². The number of hydrogen-bond donors (Lipinski definition) is 0. The van der Waals surface area contributed by atoms with Crippen molar-refractivity contribution in [2.45, 2.75) is 10.4 Å². The maximum Gasteiger partial charge on any atom is 0.446 e. The molecule has 0 amide bonds. The van der Waals surface area contributed by atoms with Crippen LogP contribution in [0.15, 0.2) is 23.1 Å². The molecule has 0 saturated carbocycles. The Bertz CT molecular complexity index is 306. The second kappa shape index (κ2) is 3.57. The van der Waals surface area contributed by atoms with E-state index in [2.05, 4.69) is 6.92 Å². The van der Waals surface area contributed by atoms with Gasteiger partial charge in [-0.1, -0.05) is 6.07 Å². The van der Waals surface area contributed by atoms with Gasteiger partial charge in [0.1, 0.15) is 5.82 Å². The summed E-state index contributed by atoms with van der Waals surface area (Å²) in [6.07, 6.45) is 0. The molecule has 0 saturated heterocycles. The van der Waals surface area contributed by atoms with Gasteiger partial charge in [0.2, 0.25) is 0 Å². The van der Waals surface area contributed by atoms with Crippen LogP contribution in [0.25, 0.3) is 0 Å². The first-order valence-corrected chi connectivity index (χ1v) is 4.07. The van der Waals surface area contributed by atoms with E-state index in [-0.39, 0.29) is 22.2 Å². The summed E-state index contributed by atoms with van der Waals surface area (Å²) in [5.74, 6) is -0.728. The fourth-order valence-corrected chi connectivity index (χ4v) is 1.29. The van der Waals surface area contributed by atoms with Gasteiger partial charge in [-0.2, -0.15) is 13.2 Å². The van der Waals surface area contributed by atoms with Crippen molar-refractivity contribution < 1.29 is 17.6 Å². The first-order chi connectivity index (χ1) is 5.88. The third-order valence-electron chi connectivity index (χ3n) is 1.26. The molecule has 0 atom stereocenters. The summed E-state index contributed by atoms with van der Waals surface area (Å²) >= 11 is -0.344. The van der Waals surface area contributed by atoms with Crippen LogP contribution in [0.5, 0.6) is 0 Å². The van der Waals surface area contributed by atoms with Crippen molar-refractivity contribution >= 4 is 11.8 Å². The molecule has 5 heteroatoms. The third kappa shape index (κ3) is 3.26. The van der Waals surface area contributed by atoms with Crippen LogP contribution < -0.4 is 0 Å². The summed E-state index contributed by atoms with van der Waals surface area (Å²) in [6, 6.07) is 3.22. The predicted molar refractivity (Wildman–Crippen MR) is 42.8 cm³/mol. The lowest BCUT2D eigenvalue weighted by molar-refractivity contribution is -0.0328. The molecule has 13 heavy (non-hydrogen) atoms. The highest BCUT2D eigenvalue weighted by Crippen LogP contribution is 2.37. The van der Waals surface area contributed by atoms with Crippen LogP contribution in [0.3, 0.4) is 0 Å². The van der Waals surface area contributed by atoms with Crippen LogP contribution in [0.1, 0.15) is 5.56 Å². The van der Waals surface area contributed by atoms with Gasteiger partial charge in [-0.15, -0.1) is 0 Å². The Morgan fingerprint density at radius 3 is 2.31 bits per heavy atom. The number of alkyl halides is 3. The van der Waals surface area contributed by atoms with Gasteiger partial charge in [0.15, 0.2) is 0 Å². The Hall–Kier alpha value is -0.710. The number of rotatable bonds is 1. The molecule has 0 spiro atoms. The number of thioether (sulfide) groups is 1. The van der Waals surface area contributed by atoms with Gasteiger partial charge in [0.05, 0.1) is 0 Å². The van der Waals surface area contributed by atoms with E-state index in [0.29, 0.717) is 0 Å². The second-order valence-electron chi connectivity index (χ2n) is 2.30. The molecule has 1 rings (SSSR count). The minimum atomic E-state index is -4.38. The van der Waals surface area contributed by atoms with E-state index in [1.807, 2.05) is 0 Å². The van der Waals surface area contributed by atoms with Crippen LogP contribution in [0, 0.1) is 12.7 Å². The molecule has 0 fully saturated rings. The Balaban J connectivity index is 2.86. The Morgan fingerprint density at radius 2 is 1.85 bits per heavy atom. The van der Waals surface area contributed by atoms with E-state index in [0.717, 1.165) is 6.07 Å². The Labute approximate surface area is 76.9 Å². The van der Waals surface area contributed by atoms with E-state index in [4.69, 9.17) is 0 Å². The number of halogens is 4. The van der Waals surface area contributed by atoms with Gasteiger partial charge in [-0.3, -0.25) is 0 Å². The van der Waals surface area contributed by atoms with Gasteiger partial charge >= 0.3 is 5.51 Å². The first kappa shape index (κ1) is 10.4. The molecule has 71 valence electrons. The molecule has 0 aliphatic rings. The highest BCUT2D eigenvalue weighted by atomic mass is 32.2. The third-order valence-corrected chi connectivity index (χ3v) is 1.98. The van der Waals surface area contributed by atoms with E-state index in [9.17, 15) is 17.6 Å². The zero-order chi connectivity index (χ0) is 10.1. The fourth-order valence-electron chi connectivity index (χ4n) is 0.725. The standard InChI is InChI=1S/C8H5F4S/c1-5-2-3-6(4-7(5)9)13-8(10,11)12/h2-4H,1H2. The van der Waals surface area contributed by atoms with Gasteiger partial charge in [0.25, 0.3) is 0 Å². The van der Waals surface area contributed by atoms with Crippen molar-refractivity contribution in [1.29, 1.82) is 0 Å². The molecule has 1 aromatic rings. The molecule has 1 radical (unpaired) electrons. The average Bonchev–Trinajstić information content (AvgIpc) is 1.94. The van der Waals surface area contributed by atoms with E-state index in [1.54, 1.807) is 0 Å². The van der Waals surface area contributed by atoms with Crippen molar-refractivity contribution in [2.75, 3.05) is 0 Å². The molecule has 0 aliphatic carbocycles. The molecular formula is C8H5F4S. The lowest BCUT2D eigenvalue weighted by Gasteiger charge is -2.05. The molecule has 0 aromatic heterocycles. The van der Waals surface area contributed by atoms with Crippen molar-refractivity contribution in [3.8, 4) is 0 Å². The highest BCUT2D eigenvalue weighted by molar-refractivity contribution is 8.00. The second-order valence-corrected chi connectivity index (χ2v) is 3.44. The van der Waals surface area contributed by atoms with Gasteiger partial charge in [-0.05, 0) is 36.4 Å². The molecule has 0 unspecified atom stereocenters. The summed E-state index contributed by atoms with van der Waals surface area (Å²) in [5, 5.41) is 0. The summed E-state index contributed by atoms with van der Waals surface area (Å²) in [6.45, 7) is 3.29. The van der Waals surface area contributed by atoms with Crippen LogP contribution in [-0.2, 0) is 0 Å². The monoisotopic (exact) mass is 209 g/mol. The van der Waals surface area contributed by atoms with Gasteiger partial charge in [-0.25, -0.2) is 4.39 Å². The smallest absolute Gasteiger partial charge is 0.207 e. The van der Waals surface area contributed by atoms with Crippen LogP contribution in [0.4, 0.5) is 17.6 Å². The molecule has 0 aliphatic heterocycles. The maximum absolute atomic E-state index is 12.7. The van der Waals surface area contributed by atoms with E-state index >= 15 is 0 Å². The lowest BCUT2D eigenvalue weighted by Crippen LogP contribution is -1.99. The van der Waals surface area contributed by atoms with Crippen LogP contribution in [-0.4, -0.2) is 5.51 Å². The Morgan fingerprint density at radius 1 is 1.23 bits per heavy atom. The van der Waals surface area contributed by atoms with Crippen molar-refractivity contribution in [1.82, 2.24) is 0 Å². The quantitative estimate of drug-likeness (QED) is 0.502. The number of hydrogen-bond acceptors (Lipinski definition) is 1. The topological polar surface area (TPSA) is 0 Å². The van der Waals surface area contributed by atoms with Crippen LogP contribution in [0.2, 0.25) is 0 Å². The summed E-state index contributed by atoms with van der Waals surface area (Å²) in [5.41, 5.74) is -4.29. The van der Waals surface area contributed by atoms with Gasteiger partial charge in [0, 0.05) is 4.90 Å². The van der Waals surface area contributed by atoms with Crippen molar-refractivity contribution in [2.24, 2.45) is 0 Å².